The first-order valence-corrected chi connectivity index (χ1v) is 9.86. The van der Waals surface area contributed by atoms with Crippen LogP contribution in [0.2, 0.25) is 0 Å². The van der Waals surface area contributed by atoms with Crippen molar-refractivity contribution >= 4 is 8.38 Å². The molecule has 3 heteroatoms. The molecule has 0 fully saturated rings. The second kappa shape index (κ2) is 11.3. The van der Waals surface area contributed by atoms with Crippen molar-refractivity contribution in [1.82, 2.24) is 0 Å². The number of hydrogen-bond acceptors (Lipinski definition) is 2. The molecule has 0 aromatic heterocycles. The van der Waals surface area contributed by atoms with E-state index in [0.717, 1.165) is 45.1 Å². The summed E-state index contributed by atoms with van der Waals surface area (Å²) in [6, 6.07) is 21.1. The molecule has 0 saturated carbocycles. The van der Waals surface area contributed by atoms with Crippen LogP contribution in [-0.2, 0) is 21.9 Å². The van der Waals surface area contributed by atoms with Crippen molar-refractivity contribution in [3.05, 3.63) is 71.8 Å². The van der Waals surface area contributed by atoms with Crippen molar-refractivity contribution < 1.29 is 9.05 Å². The van der Waals surface area contributed by atoms with Gasteiger partial charge in [0.25, 0.3) is 0 Å². The van der Waals surface area contributed by atoms with Crippen LogP contribution in [-0.4, -0.2) is 19.4 Å². The van der Waals surface area contributed by atoms with Crippen LogP contribution in [0, 0.1) is 0 Å². The summed E-state index contributed by atoms with van der Waals surface area (Å²) in [4.78, 5) is 0. The maximum absolute atomic E-state index is 5.91. The zero-order valence-electron chi connectivity index (χ0n) is 14.0. The molecular weight excluding hydrogens is 303 g/mol. The Hall–Kier alpha value is -1.21. The van der Waals surface area contributed by atoms with Crippen LogP contribution in [0.15, 0.2) is 60.7 Å². The lowest BCUT2D eigenvalue weighted by Gasteiger charge is -2.16. The lowest BCUT2D eigenvalue weighted by molar-refractivity contribution is 0.245. The molecule has 0 saturated heterocycles. The van der Waals surface area contributed by atoms with E-state index in [-0.39, 0.29) is 0 Å². The van der Waals surface area contributed by atoms with Crippen LogP contribution in [0.5, 0.6) is 0 Å². The molecule has 0 heterocycles. The van der Waals surface area contributed by atoms with Gasteiger partial charge in [-0.05, 0) is 36.8 Å². The monoisotopic (exact) mass is 330 g/mol. The van der Waals surface area contributed by atoms with Gasteiger partial charge in [-0.1, -0.05) is 67.6 Å². The highest BCUT2D eigenvalue weighted by Crippen LogP contribution is 2.37. The Balaban J connectivity index is 1.54. The van der Waals surface area contributed by atoms with Crippen molar-refractivity contribution in [2.24, 2.45) is 0 Å². The van der Waals surface area contributed by atoms with Gasteiger partial charge in [0.2, 0.25) is 0 Å². The first kappa shape index (κ1) is 18.1. The molecule has 124 valence electrons. The summed E-state index contributed by atoms with van der Waals surface area (Å²) in [6.07, 6.45) is 5.21. The van der Waals surface area contributed by atoms with Gasteiger partial charge in [0, 0.05) is 6.16 Å². The number of hydrogen-bond donors (Lipinski definition) is 0. The summed E-state index contributed by atoms with van der Waals surface area (Å²) in [5.41, 5.74) is 2.75. The second-order valence-electron chi connectivity index (χ2n) is 5.49. The van der Waals surface area contributed by atoms with Gasteiger partial charge >= 0.3 is 0 Å². The van der Waals surface area contributed by atoms with Crippen molar-refractivity contribution in [1.29, 1.82) is 0 Å². The summed E-state index contributed by atoms with van der Waals surface area (Å²) in [5.74, 6) is 0. The molecule has 23 heavy (non-hydrogen) atoms. The Kier molecular flexibility index (Phi) is 8.94. The highest BCUT2D eigenvalue weighted by atomic mass is 31.2. The third-order valence-electron chi connectivity index (χ3n) is 3.63. The predicted molar refractivity (Wildman–Crippen MR) is 98.9 cm³/mol. The van der Waals surface area contributed by atoms with E-state index in [1.165, 1.54) is 11.1 Å². The quantitative estimate of drug-likeness (QED) is 0.393. The molecule has 2 rings (SSSR count). The Morgan fingerprint density at radius 3 is 1.52 bits per heavy atom. The first-order chi connectivity index (χ1) is 11.4. The maximum atomic E-state index is 5.91. The van der Waals surface area contributed by atoms with Crippen LogP contribution >= 0.6 is 8.38 Å². The van der Waals surface area contributed by atoms with Gasteiger partial charge in [0.1, 0.15) is 0 Å². The van der Waals surface area contributed by atoms with Gasteiger partial charge in [-0.15, -0.1) is 0 Å². The summed E-state index contributed by atoms with van der Waals surface area (Å²) in [5, 5.41) is 0. The molecule has 0 N–H and O–H groups in total. The average molecular weight is 330 g/mol. The van der Waals surface area contributed by atoms with Gasteiger partial charge in [0.05, 0.1) is 13.2 Å². The van der Waals surface area contributed by atoms with Crippen molar-refractivity contribution in [2.45, 2.75) is 32.6 Å². The third-order valence-corrected chi connectivity index (χ3v) is 5.09. The van der Waals surface area contributed by atoms with Crippen LogP contribution in [0.25, 0.3) is 0 Å². The zero-order chi connectivity index (χ0) is 16.2. The molecule has 0 atom stereocenters. The molecule has 0 aliphatic rings. The number of benzene rings is 2. The Morgan fingerprint density at radius 1 is 0.696 bits per heavy atom. The van der Waals surface area contributed by atoms with Gasteiger partial charge in [-0.2, -0.15) is 0 Å². The van der Waals surface area contributed by atoms with Crippen LogP contribution in [0.1, 0.15) is 30.9 Å². The van der Waals surface area contributed by atoms with E-state index in [0.29, 0.717) is 0 Å². The lowest BCUT2D eigenvalue weighted by atomic mass is 10.1. The lowest BCUT2D eigenvalue weighted by Crippen LogP contribution is -1.99. The minimum absolute atomic E-state index is 0.719. The molecule has 0 bridgehead atoms. The van der Waals surface area contributed by atoms with E-state index in [9.17, 15) is 0 Å². The van der Waals surface area contributed by atoms with Crippen LogP contribution in [0.3, 0.4) is 0 Å². The summed E-state index contributed by atoms with van der Waals surface area (Å²) >= 11 is 0. The predicted octanol–water partition coefficient (Wildman–Crippen LogP) is 5.62. The number of rotatable bonds is 11. The fraction of sp³-hybridized carbons (Fsp3) is 0.400. The summed E-state index contributed by atoms with van der Waals surface area (Å²) in [7, 11) is -0.719. The highest BCUT2D eigenvalue weighted by Gasteiger charge is 2.07. The summed E-state index contributed by atoms with van der Waals surface area (Å²) in [6.45, 7) is 3.71. The van der Waals surface area contributed by atoms with Crippen LogP contribution < -0.4 is 0 Å². The molecule has 0 aliphatic heterocycles. The minimum Gasteiger partial charge on any atom is -0.334 e. The van der Waals surface area contributed by atoms with Crippen molar-refractivity contribution in [3.63, 3.8) is 0 Å². The summed E-state index contributed by atoms with van der Waals surface area (Å²) < 4.78 is 11.8. The Morgan fingerprint density at radius 2 is 1.13 bits per heavy atom. The Labute approximate surface area is 141 Å². The SMILES string of the molecule is CCP(OCCCc1ccccc1)OCCCc1ccccc1. The maximum Gasteiger partial charge on any atom is 0.170 e. The molecule has 0 spiro atoms. The second-order valence-corrected chi connectivity index (χ2v) is 7.31. The fourth-order valence-electron chi connectivity index (χ4n) is 2.39. The van der Waals surface area contributed by atoms with E-state index < -0.39 is 8.38 Å². The van der Waals surface area contributed by atoms with E-state index in [4.69, 9.17) is 9.05 Å². The third kappa shape index (κ3) is 7.74. The normalized spacial score (nSPS) is 11.0. The van der Waals surface area contributed by atoms with Gasteiger partial charge in [0.15, 0.2) is 8.38 Å². The molecule has 2 nitrogen and oxygen atoms in total. The molecule has 0 aliphatic carbocycles. The average Bonchev–Trinajstić information content (AvgIpc) is 2.62. The van der Waals surface area contributed by atoms with E-state index >= 15 is 0 Å². The molecule has 0 amide bonds. The van der Waals surface area contributed by atoms with Gasteiger partial charge < -0.3 is 9.05 Å². The largest absolute Gasteiger partial charge is 0.334 e. The zero-order valence-corrected chi connectivity index (χ0v) is 14.9. The van der Waals surface area contributed by atoms with Gasteiger partial charge in [-0.25, -0.2) is 0 Å². The standard InChI is InChI=1S/C20H27O2P/c1-2-23(21-17-9-15-19-11-5-3-6-12-19)22-18-10-16-20-13-7-4-8-14-20/h3-8,11-14H,2,9-10,15-18H2,1H3. The van der Waals surface area contributed by atoms with Crippen molar-refractivity contribution in [2.75, 3.05) is 19.4 Å². The number of aryl methyl sites for hydroxylation is 2. The van der Waals surface area contributed by atoms with E-state index in [2.05, 4.69) is 67.6 Å². The molecule has 2 aromatic rings. The topological polar surface area (TPSA) is 18.5 Å². The molecule has 0 radical (unpaired) electrons. The van der Waals surface area contributed by atoms with Gasteiger partial charge in [-0.3, -0.25) is 0 Å². The highest BCUT2D eigenvalue weighted by molar-refractivity contribution is 7.47. The molecule has 2 aromatic carbocycles. The molecular formula is C20H27O2P. The minimum atomic E-state index is -0.719. The smallest absolute Gasteiger partial charge is 0.170 e. The van der Waals surface area contributed by atoms with E-state index in [1.54, 1.807) is 0 Å². The Bertz CT molecular complexity index is 468. The van der Waals surface area contributed by atoms with E-state index in [1.807, 2.05) is 0 Å². The van der Waals surface area contributed by atoms with Crippen LogP contribution in [0.4, 0.5) is 0 Å². The first-order valence-electron chi connectivity index (χ1n) is 8.49. The van der Waals surface area contributed by atoms with Crippen molar-refractivity contribution in [3.8, 4) is 0 Å². The fourth-order valence-corrected chi connectivity index (χ4v) is 3.50. The molecule has 0 unspecified atom stereocenters.